The zero-order valence-corrected chi connectivity index (χ0v) is 14.4. The molecule has 1 aliphatic rings. The molecule has 24 heavy (non-hydrogen) atoms. The minimum atomic E-state index is -0.750. The number of amides is 2. The first-order chi connectivity index (χ1) is 11.5. The highest BCUT2D eigenvalue weighted by Gasteiger charge is 2.30. The molecule has 0 aromatic heterocycles. The Kier molecular flexibility index (Phi) is 9.48. The van der Waals surface area contributed by atoms with Gasteiger partial charge in [-0.1, -0.05) is 20.3 Å². The van der Waals surface area contributed by atoms with Crippen LogP contribution in [0.3, 0.4) is 0 Å². The third kappa shape index (κ3) is 6.92. The first kappa shape index (κ1) is 20.5. The topological polar surface area (TPSA) is 96.5 Å². The molecule has 0 bridgehead atoms. The number of ether oxygens (including phenoxy) is 1. The van der Waals surface area contributed by atoms with Crippen LogP contribution in [0.15, 0.2) is 0 Å². The Bertz CT molecular complexity index is 434. The second-order valence-electron chi connectivity index (χ2n) is 5.99. The van der Waals surface area contributed by atoms with Crippen molar-refractivity contribution in [1.82, 2.24) is 16.0 Å². The van der Waals surface area contributed by atoms with Gasteiger partial charge in [-0.05, 0) is 18.9 Å². The van der Waals surface area contributed by atoms with Crippen LogP contribution in [0.5, 0.6) is 0 Å². The summed E-state index contributed by atoms with van der Waals surface area (Å²) >= 11 is 0. The summed E-state index contributed by atoms with van der Waals surface area (Å²) in [7, 11) is 0. The number of hydrogen-bond donors (Lipinski definition) is 3. The molecule has 0 saturated carbocycles. The van der Waals surface area contributed by atoms with Crippen LogP contribution in [-0.2, 0) is 19.1 Å². The van der Waals surface area contributed by atoms with E-state index in [1.807, 2.05) is 13.8 Å². The molecular weight excluding hydrogens is 317 g/mol. The molecule has 0 aliphatic carbocycles. The van der Waals surface area contributed by atoms with Crippen molar-refractivity contribution in [2.45, 2.75) is 45.2 Å². The molecule has 1 rings (SSSR count). The van der Waals surface area contributed by atoms with E-state index < -0.39 is 24.7 Å². The molecule has 3 N–H and O–H groups in total. The highest BCUT2D eigenvalue weighted by molar-refractivity contribution is 5.93. The number of alkyl halides is 1. The summed E-state index contributed by atoms with van der Waals surface area (Å²) in [6, 6.07) is -1.28. The standard InChI is InChI=1S/C16H28FN3O4/c1-3-11(2)15(20-14(22)10-24-9-6-17)16(23)19-12-4-7-18-8-5-13(12)21/h11-12,15,18H,3-10H2,1-2H3,(H,19,23)(H,20,22)/t11-,12-,15-/m0/s1. The number of carbonyl (C=O) groups excluding carboxylic acids is 3. The van der Waals surface area contributed by atoms with Crippen molar-refractivity contribution < 1.29 is 23.5 Å². The van der Waals surface area contributed by atoms with Gasteiger partial charge in [-0.15, -0.1) is 0 Å². The minimum absolute atomic E-state index is 0.00569. The van der Waals surface area contributed by atoms with E-state index in [0.29, 0.717) is 32.4 Å². The predicted octanol–water partition coefficient (Wildman–Crippen LogP) is -0.0593. The Labute approximate surface area is 142 Å². The third-order valence-corrected chi connectivity index (χ3v) is 4.13. The van der Waals surface area contributed by atoms with Crippen LogP contribution in [0.1, 0.15) is 33.1 Å². The van der Waals surface area contributed by atoms with E-state index in [-0.39, 0.29) is 30.8 Å². The van der Waals surface area contributed by atoms with Gasteiger partial charge in [-0.25, -0.2) is 4.39 Å². The van der Waals surface area contributed by atoms with Gasteiger partial charge in [0.1, 0.15) is 19.3 Å². The van der Waals surface area contributed by atoms with Gasteiger partial charge in [0.15, 0.2) is 5.78 Å². The predicted molar refractivity (Wildman–Crippen MR) is 87.2 cm³/mol. The van der Waals surface area contributed by atoms with Crippen molar-refractivity contribution in [3.05, 3.63) is 0 Å². The Morgan fingerprint density at radius 3 is 2.83 bits per heavy atom. The van der Waals surface area contributed by atoms with Crippen molar-refractivity contribution >= 4 is 17.6 Å². The van der Waals surface area contributed by atoms with E-state index in [1.165, 1.54) is 0 Å². The quantitative estimate of drug-likeness (QED) is 0.509. The van der Waals surface area contributed by atoms with E-state index in [4.69, 9.17) is 4.74 Å². The lowest BCUT2D eigenvalue weighted by Gasteiger charge is -2.25. The highest BCUT2D eigenvalue weighted by Crippen LogP contribution is 2.10. The van der Waals surface area contributed by atoms with Crippen molar-refractivity contribution in [2.24, 2.45) is 5.92 Å². The molecule has 1 saturated heterocycles. The van der Waals surface area contributed by atoms with Crippen LogP contribution in [-0.4, -0.2) is 62.7 Å². The number of hydrogen-bond acceptors (Lipinski definition) is 5. The number of carbonyl (C=O) groups is 3. The molecule has 1 fully saturated rings. The fourth-order valence-electron chi connectivity index (χ4n) is 2.47. The lowest BCUT2D eigenvalue weighted by Crippen LogP contribution is -2.54. The molecule has 8 heteroatoms. The van der Waals surface area contributed by atoms with Crippen molar-refractivity contribution in [2.75, 3.05) is 33.0 Å². The summed E-state index contributed by atoms with van der Waals surface area (Å²) in [5.41, 5.74) is 0. The number of Topliss-reactive ketones (excluding diaryl/α,β-unsaturated/α-hetero) is 1. The SMILES string of the molecule is CC[C@H](C)[C@H](NC(=O)COCCF)C(=O)N[C@H]1CCNCCC1=O. The van der Waals surface area contributed by atoms with Crippen LogP contribution in [0, 0.1) is 5.92 Å². The summed E-state index contributed by atoms with van der Waals surface area (Å²) in [6.45, 7) is 3.92. The van der Waals surface area contributed by atoms with E-state index in [2.05, 4.69) is 16.0 Å². The maximum Gasteiger partial charge on any atom is 0.246 e. The Hall–Kier alpha value is -1.54. The van der Waals surface area contributed by atoms with Gasteiger partial charge in [0.2, 0.25) is 11.8 Å². The normalized spacial score (nSPS) is 20.8. The number of ketones is 1. The summed E-state index contributed by atoms with van der Waals surface area (Å²) < 4.78 is 16.8. The molecule has 1 aliphatic heterocycles. The summed E-state index contributed by atoms with van der Waals surface area (Å²) in [6.07, 6.45) is 1.59. The van der Waals surface area contributed by atoms with E-state index in [1.54, 1.807) is 0 Å². The number of rotatable bonds is 9. The van der Waals surface area contributed by atoms with E-state index in [9.17, 15) is 18.8 Å². The first-order valence-corrected chi connectivity index (χ1v) is 8.46. The molecule has 0 aromatic carbocycles. The van der Waals surface area contributed by atoms with Crippen molar-refractivity contribution in [3.8, 4) is 0 Å². The van der Waals surface area contributed by atoms with Crippen LogP contribution in [0.2, 0.25) is 0 Å². The molecule has 0 aromatic rings. The largest absolute Gasteiger partial charge is 0.369 e. The summed E-state index contributed by atoms with van der Waals surface area (Å²) in [5, 5.41) is 8.49. The summed E-state index contributed by atoms with van der Waals surface area (Å²) in [5.74, 6) is -0.954. The molecule has 0 radical (unpaired) electrons. The molecule has 0 unspecified atom stereocenters. The zero-order chi connectivity index (χ0) is 17.9. The highest BCUT2D eigenvalue weighted by atomic mass is 19.1. The molecule has 7 nitrogen and oxygen atoms in total. The second-order valence-corrected chi connectivity index (χ2v) is 5.99. The average molecular weight is 345 g/mol. The van der Waals surface area contributed by atoms with Crippen molar-refractivity contribution in [3.63, 3.8) is 0 Å². The van der Waals surface area contributed by atoms with Crippen LogP contribution in [0.25, 0.3) is 0 Å². The zero-order valence-electron chi connectivity index (χ0n) is 14.4. The minimum Gasteiger partial charge on any atom is -0.369 e. The Morgan fingerprint density at radius 2 is 2.17 bits per heavy atom. The lowest BCUT2D eigenvalue weighted by atomic mass is 9.97. The maximum absolute atomic E-state index is 12.5. The Balaban J connectivity index is 2.63. The fourth-order valence-corrected chi connectivity index (χ4v) is 2.47. The van der Waals surface area contributed by atoms with Gasteiger partial charge < -0.3 is 20.7 Å². The van der Waals surface area contributed by atoms with Crippen molar-refractivity contribution in [1.29, 1.82) is 0 Å². The number of nitrogens with one attached hydrogen (secondary N) is 3. The molecule has 2 amide bonds. The molecule has 0 spiro atoms. The van der Waals surface area contributed by atoms with Crippen LogP contribution >= 0.6 is 0 Å². The van der Waals surface area contributed by atoms with Gasteiger partial charge in [0.05, 0.1) is 12.6 Å². The summed E-state index contributed by atoms with van der Waals surface area (Å²) in [4.78, 5) is 36.4. The maximum atomic E-state index is 12.5. The smallest absolute Gasteiger partial charge is 0.246 e. The van der Waals surface area contributed by atoms with Crippen LogP contribution < -0.4 is 16.0 Å². The molecule has 138 valence electrons. The monoisotopic (exact) mass is 345 g/mol. The van der Waals surface area contributed by atoms with E-state index >= 15 is 0 Å². The number of halogens is 1. The van der Waals surface area contributed by atoms with Crippen LogP contribution in [0.4, 0.5) is 4.39 Å². The third-order valence-electron chi connectivity index (χ3n) is 4.13. The Morgan fingerprint density at radius 1 is 1.42 bits per heavy atom. The molecular formula is C16H28FN3O4. The fraction of sp³-hybridized carbons (Fsp3) is 0.812. The van der Waals surface area contributed by atoms with E-state index in [0.717, 1.165) is 0 Å². The van der Waals surface area contributed by atoms with Gasteiger partial charge >= 0.3 is 0 Å². The average Bonchev–Trinajstić information content (AvgIpc) is 2.77. The molecule has 1 heterocycles. The first-order valence-electron chi connectivity index (χ1n) is 8.46. The van der Waals surface area contributed by atoms with Gasteiger partial charge in [-0.3, -0.25) is 14.4 Å². The molecule has 3 atom stereocenters. The second kappa shape index (κ2) is 11.1. The van der Waals surface area contributed by atoms with Gasteiger partial charge in [0, 0.05) is 13.0 Å². The lowest BCUT2D eigenvalue weighted by molar-refractivity contribution is -0.134. The van der Waals surface area contributed by atoms with Gasteiger partial charge in [-0.2, -0.15) is 0 Å². The van der Waals surface area contributed by atoms with Gasteiger partial charge in [0.25, 0.3) is 0 Å².